The van der Waals surface area contributed by atoms with Gasteiger partial charge in [0.1, 0.15) is 5.75 Å². The van der Waals surface area contributed by atoms with Gasteiger partial charge in [-0.25, -0.2) is 4.98 Å². The number of aliphatic hydroxyl groups is 1. The summed E-state index contributed by atoms with van der Waals surface area (Å²) >= 11 is 9.39. The molecule has 0 saturated carbocycles. The van der Waals surface area contributed by atoms with E-state index in [0.29, 0.717) is 22.2 Å². The normalized spacial score (nSPS) is 12.2. The first-order chi connectivity index (χ1) is 8.58. The van der Waals surface area contributed by atoms with Gasteiger partial charge in [0.05, 0.1) is 11.1 Å². The van der Waals surface area contributed by atoms with Gasteiger partial charge < -0.3 is 9.84 Å². The average Bonchev–Trinajstić information content (AvgIpc) is 2.33. The van der Waals surface area contributed by atoms with E-state index in [1.807, 2.05) is 6.07 Å². The van der Waals surface area contributed by atoms with E-state index in [-0.39, 0.29) is 0 Å². The second kappa shape index (κ2) is 5.69. The molecule has 0 aliphatic carbocycles. The molecule has 3 nitrogen and oxygen atoms in total. The summed E-state index contributed by atoms with van der Waals surface area (Å²) in [5, 5.41) is 10.1. The maximum atomic E-state index is 9.64. The number of ether oxygens (including phenoxy) is 1. The average molecular weight is 329 g/mol. The molecule has 2 aromatic rings. The fourth-order valence-electron chi connectivity index (χ4n) is 1.47. The number of aliphatic hydroxyl groups excluding tert-OH is 1. The summed E-state index contributed by atoms with van der Waals surface area (Å²) in [6, 6.07) is 8.82. The SMILES string of the molecule is C[C@@H](O)c1cccnc1Oc1ccc(Br)cc1Cl. The molecule has 5 heteroatoms. The number of nitrogens with zero attached hydrogens (tertiary/aromatic N) is 1. The van der Waals surface area contributed by atoms with Crippen LogP contribution in [0.5, 0.6) is 11.6 Å². The zero-order valence-corrected chi connectivity index (χ0v) is 11.9. The summed E-state index contributed by atoms with van der Waals surface area (Å²) in [7, 11) is 0. The van der Waals surface area contributed by atoms with Crippen LogP contribution in [0.25, 0.3) is 0 Å². The van der Waals surface area contributed by atoms with E-state index in [4.69, 9.17) is 16.3 Å². The van der Waals surface area contributed by atoms with Gasteiger partial charge in [0.15, 0.2) is 0 Å². The van der Waals surface area contributed by atoms with Crippen LogP contribution in [-0.4, -0.2) is 10.1 Å². The van der Waals surface area contributed by atoms with E-state index >= 15 is 0 Å². The number of hydrogen-bond donors (Lipinski definition) is 1. The van der Waals surface area contributed by atoms with Crippen molar-refractivity contribution < 1.29 is 9.84 Å². The monoisotopic (exact) mass is 327 g/mol. The predicted octanol–water partition coefficient (Wildman–Crippen LogP) is 4.34. The Bertz CT molecular complexity index is 560. The van der Waals surface area contributed by atoms with Gasteiger partial charge in [-0.1, -0.05) is 27.5 Å². The smallest absolute Gasteiger partial charge is 0.225 e. The lowest BCUT2D eigenvalue weighted by Gasteiger charge is -2.12. The van der Waals surface area contributed by atoms with Crippen LogP contribution in [0.1, 0.15) is 18.6 Å². The second-order valence-corrected chi connectivity index (χ2v) is 5.07. The Labute approximate surface area is 119 Å². The van der Waals surface area contributed by atoms with Crippen molar-refractivity contribution in [2.24, 2.45) is 0 Å². The molecule has 18 heavy (non-hydrogen) atoms. The highest BCUT2D eigenvalue weighted by molar-refractivity contribution is 9.10. The highest BCUT2D eigenvalue weighted by Crippen LogP contribution is 2.33. The summed E-state index contributed by atoms with van der Waals surface area (Å²) in [5.74, 6) is 0.859. The van der Waals surface area contributed by atoms with Crippen LogP contribution < -0.4 is 4.74 Å². The Morgan fingerprint density at radius 1 is 1.39 bits per heavy atom. The third kappa shape index (κ3) is 3.02. The summed E-state index contributed by atoms with van der Waals surface area (Å²) in [5.41, 5.74) is 0.622. The van der Waals surface area contributed by atoms with Crippen LogP contribution in [-0.2, 0) is 0 Å². The summed E-state index contributed by atoms with van der Waals surface area (Å²) in [6.07, 6.45) is 0.955. The van der Waals surface area contributed by atoms with Gasteiger partial charge in [0.25, 0.3) is 0 Å². The molecule has 0 amide bonds. The van der Waals surface area contributed by atoms with Crippen LogP contribution in [0.15, 0.2) is 41.0 Å². The maximum absolute atomic E-state index is 9.64. The molecule has 0 saturated heterocycles. The van der Waals surface area contributed by atoms with Crippen molar-refractivity contribution in [2.45, 2.75) is 13.0 Å². The Morgan fingerprint density at radius 3 is 2.83 bits per heavy atom. The molecule has 1 atom stereocenters. The number of aromatic nitrogens is 1. The number of benzene rings is 1. The Hall–Kier alpha value is -1.10. The van der Waals surface area contributed by atoms with Crippen molar-refractivity contribution in [3.8, 4) is 11.6 Å². The lowest BCUT2D eigenvalue weighted by Crippen LogP contribution is -1.98. The fraction of sp³-hybridized carbons (Fsp3) is 0.154. The van der Waals surface area contributed by atoms with Gasteiger partial charge in [-0.05, 0) is 37.3 Å². The van der Waals surface area contributed by atoms with Crippen LogP contribution in [0.2, 0.25) is 5.02 Å². The van der Waals surface area contributed by atoms with Crippen molar-refractivity contribution in [3.63, 3.8) is 0 Å². The molecule has 94 valence electrons. The predicted molar refractivity (Wildman–Crippen MR) is 74.1 cm³/mol. The Morgan fingerprint density at radius 2 is 2.17 bits per heavy atom. The van der Waals surface area contributed by atoms with Crippen molar-refractivity contribution in [1.82, 2.24) is 4.98 Å². The summed E-state index contributed by atoms with van der Waals surface area (Å²) in [4.78, 5) is 4.11. The number of rotatable bonds is 3. The van der Waals surface area contributed by atoms with Crippen LogP contribution in [0.4, 0.5) is 0 Å². The third-order valence-corrected chi connectivity index (χ3v) is 3.14. The molecule has 0 bridgehead atoms. The molecule has 0 radical (unpaired) electrons. The van der Waals surface area contributed by atoms with Gasteiger partial charge in [0, 0.05) is 16.2 Å². The molecule has 0 aliphatic heterocycles. The lowest BCUT2D eigenvalue weighted by atomic mass is 10.2. The van der Waals surface area contributed by atoms with Crippen LogP contribution >= 0.6 is 27.5 Å². The zero-order chi connectivity index (χ0) is 13.1. The summed E-state index contributed by atoms with van der Waals surface area (Å²) < 4.78 is 6.50. The Balaban J connectivity index is 2.34. The van der Waals surface area contributed by atoms with Gasteiger partial charge in [-0.15, -0.1) is 0 Å². The topological polar surface area (TPSA) is 42.4 Å². The quantitative estimate of drug-likeness (QED) is 0.911. The highest BCUT2D eigenvalue weighted by Gasteiger charge is 2.12. The molecule has 0 fully saturated rings. The van der Waals surface area contributed by atoms with E-state index in [2.05, 4.69) is 20.9 Å². The van der Waals surface area contributed by atoms with Gasteiger partial charge in [-0.2, -0.15) is 0 Å². The van der Waals surface area contributed by atoms with Crippen LogP contribution in [0.3, 0.4) is 0 Å². The third-order valence-electron chi connectivity index (χ3n) is 2.35. The minimum Gasteiger partial charge on any atom is -0.437 e. The van der Waals surface area contributed by atoms with E-state index in [0.717, 1.165) is 4.47 Å². The van der Waals surface area contributed by atoms with Crippen molar-refractivity contribution in [3.05, 3.63) is 51.6 Å². The first-order valence-corrected chi connectivity index (χ1v) is 6.51. The maximum Gasteiger partial charge on any atom is 0.225 e. The number of pyridine rings is 1. The standard InChI is InChI=1S/C13H11BrClNO2/c1-8(17)10-3-2-6-16-13(10)18-12-5-4-9(14)7-11(12)15/h2-8,17H,1H3/t8-/m1/s1. The molecule has 1 aromatic carbocycles. The van der Waals surface area contributed by atoms with Gasteiger partial charge in [0.2, 0.25) is 5.88 Å². The Kier molecular flexibility index (Phi) is 4.22. The zero-order valence-electron chi connectivity index (χ0n) is 9.60. The number of halogens is 2. The number of hydrogen-bond acceptors (Lipinski definition) is 3. The van der Waals surface area contributed by atoms with E-state index in [1.54, 1.807) is 37.4 Å². The fourth-order valence-corrected chi connectivity index (χ4v) is 2.18. The molecule has 0 unspecified atom stereocenters. The first kappa shape index (κ1) is 13.3. The molecule has 0 aliphatic rings. The van der Waals surface area contributed by atoms with Crippen molar-refractivity contribution in [2.75, 3.05) is 0 Å². The van der Waals surface area contributed by atoms with E-state index < -0.39 is 6.10 Å². The highest BCUT2D eigenvalue weighted by atomic mass is 79.9. The molecule has 2 rings (SSSR count). The lowest BCUT2D eigenvalue weighted by molar-refractivity contribution is 0.194. The second-order valence-electron chi connectivity index (χ2n) is 3.75. The van der Waals surface area contributed by atoms with Gasteiger partial charge >= 0.3 is 0 Å². The molecular weight excluding hydrogens is 318 g/mol. The first-order valence-electron chi connectivity index (χ1n) is 5.34. The van der Waals surface area contributed by atoms with Gasteiger partial charge in [-0.3, -0.25) is 0 Å². The molecule has 1 heterocycles. The molecule has 0 spiro atoms. The van der Waals surface area contributed by atoms with Crippen molar-refractivity contribution in [1.29, 1.82) is 0 Å². The largest absolute Gasteiger partial charge is 0.437 e. The molecule has 1 aromatic heterocycles. The van der Waals surface area contributed by atoms with Crippen LogP contribution in [0, 0.1) is 0 Å². The van der Waals surface area contributed by atoms with E-state index in [1.165, 1.54) is 0 Å². The molecule has 1 N–H and O–H groups in total. The molecular formula is C13H11BrClNO2. The minimum absolute atomic E-state index is 0.358. The minimum atomic E-state index is -0.650. The summed E-state index contributed by atoms with van der Waals surface area (Å²) in [6.45, 7) is 1.66. The van der Waals surface area contributed by atoms with Crippen molar-refractivity contribution >= 4 is 27.5 Å². The van der Waals surface area contributed by atoms with E-state index in [9.17, 15) is 5.11 Å².